The van der Waals surface area contributed by atoms with Crippen molar-refractivity contribution < 1.29 is 9.47 Å². The van der Waals surface area contributed by atoms with Crippen LogP contribution in [0.5, 0.6) is 0 Å². The average molecular weight is 226 g/mol. The summed E-state index contributed by atoms with van der Waals surface area (Å²) < 4.78 is 10.2. The Balaban J connectivity index is 0.00000106. The van der Waals surface area contributed by atoms with Crippen LogP contribution in [0.25, 0.3) is 0 Å². The molecular weight excluding hydrogens is 204 g/mol. The number of hydrogen-bond acceptors (Lipinski definition) is 4. The smallest absolute Gasteiger partial charge is 0.200 e. The van der Waals surface area contributed by atoms with E-state index in [0.717, 1.165) is 11.5 Å². The Bertz CT molecular complexity index is 286. The van der Waals surface area contributed by atoms with Gasteiger partial charge >= 0.3 is 0 Å². The lowest BCUT2D eigenvalue weighted by molar-refractivity contribution is -0.108. The number of aromatic nitrogens is 2. The van der Waals surface area contributed by atoms with Crippen LogP contribution in [0, 0.1) is 0 Å². The first-order valence-corrected chi connectivity index (χ1v) is 5.57. The maximum Gasteiger partial charge on any atom is 0.200 e. The summed E-state index contributed by atoms with van der Waals surface area (Å²) >= 11 is 0. The Hall–Kier alpha value is -1.00. The Morgan fingerprint density at radius 3 is 2.12 bits per heavy atom. The minimum absolute atomic E-state index is 0.310. The second-order valence-electron chi connectivity index (χ2n) is 3.30. The van der Waals surface area contributed by atoms with Crippen LogP contribution in [0.1, 0.15) is 51.4 Å². The minimum Gasteiger partial charge on any atom is -0.350 e. The molecule has 4 heteroatoms. The SMILES string of the molecule is CC.COC(OC)c1ccnc(C(C)C)n1. The zero-order valence-electron chi connectivity index (χ0n) is 11.0. The predicted molar refractivity (Wildman–Crippen MR) is 64.2 cm³/mol. The van der Waals surface area contributed by atoms with Gasteiger partial charge in [0.05, 0.1) is 5.69 Å². The molecule has 4 nitrogen and oxygen atoms in total. The number of ether oxygens (including phenoxy) is 2. The maximum absolute atomic E-state index is 5.11. The molecule has 1 heterocycles. The second-order valence-corrected chi connectivity index (χ2v) is 3.30. The van der Waals surface area contributed by atoms with Gasteiger partial charge in [-0.15, -0.1) is 0 Å². The summed E-state index contributed by atoms with van der Waals surface area (Å²) in [6.07, 6.45) is 1.32. The fourth-order valence-corrected chi connectivity index (χ4v) is 1.14. The van der Waals surface area contributed by atoms with Crippen molar-refractivity contribution in [3.05, 3.63) is 23.8 Å². The molecule has 0 bridgehead atoms. The standard InChI is InChI=1S/C10H16N2O2.C2H6/c1-7(2)9-11-6-5-8(12-9)10(13-3)14-4;1-2/h5-7,10H,1-4H3;1-2H3. The van der Waals surface area contributed by atoms with Crippen molar-refractivity contribution in [1.29, 1.82) is 0 Å². The van der Waals surface area contributed by atoms with E-state index in [1.165, 1.54) is 0 Å². The first-order chi connectivity index (χ1) is 7.69. The van der Waals surface area contributed by atoms with Crippen molar-refractivity contribution in [1.82, 2.24) is 9.97 Å². The molecule has 0 atom stereocenters. The van der Waals surface area contributed by atoms with Crippen LogP contribution in [-0.2, 0) is 9.47 Å². The van der Waals surface area contributed by atoms with E-state index in [1.54, 1.807) is 26.5 Å². The molecule has 0 saturated carbocycles. The van der Waals surface area contributed by atoms with Gasteiger partial charge in [0.15, 0.2) is 0 Å². The number of hydrogen-bond donors (Lipinski definition) is 0. The number of methoxy groups -OCH3 is 2. The van der Waals surface area contributed by atoms with Crippen LogP contribution in [0.2, 0.25) is 0 Å². The molecule has 1 rings (SSSR count). The fraction of sp³-hybridized carbons (Fsp3) is 0.667. The van der Waals surface area contributed by atoms with Gasteiger partial charge in [-0.25, -0.2) is 9.97 Å². The lowest BCUT2D eigenvalue weighted by Gasteiger charge is -2.13. The van der Waals surface area contributed by atoms with E-state index in [9.17, 15) is 0 Å². The molecule has 1 aromatic heterocycles. The van der Waals surface area contributed by atoms with Gasteiger partial charge in [-0.3, -0.25) is 0 Å². The summed E-state index contributed by atoms with van der Waals surface area (Å²) in [7, 11) is 3.18. The highest BCUT2D eigenvalue weighted by molar-refractivity contribution is 5.05. The predicted octanol–water partition coefficient (Wildman–Crippen LogP) is 2.92. The Morgan fingerprint density at radius 1 is 1.12 bits per heavy atom. The van der Waals surface area contributed by atoms with Crippen LogP contribution in [0.4, 0.5) is 0 Å². The lowest BCUT2D eigenvalue weighted by Crippen LogP contribution is -2.09. The van der Waals surface area contributed by atoms with Crippen molar-refractivity contribution in [2.45, 2.75) is 39.9 Å². The van der Waals surface area contributed by atoms with Crippen LogP contribution in [-0.4, -0.2) is 24.2 Å². The number of nitrogens with zero attached hydrogens (tertiary/aromatic N) is 2. The largest absolute Gasteiger partial charge is 0.350 e. The summed E-state index contributed by atoms with van der Waals surface area (Å²) in [6, 6.07) is 1.80. The summed E-state index contributed by atoms with van der Waals surface area (Å²) in [4.78, 5) is 8.52. The topological polar surface area (TPSA) is 44.2 Å². The Morgan fingerprint density at radius 2 is 1.69 bits per heavy atom. The molecule has 0 aliphatic carbocycles. The summed E-state index contributed by atoms with van der Waals surface area (Å²) in [5.74, 6) is 1.12. The molecule has 0 unspecified atom stereocenters. The molecule has 0 amide bonds. The van der Waals surface area contributed by atoms with Gasteiger partial charge in [-0.05, 0) is 6.07 Å². The zero-order chi connectivity index (χ0) is 12.6. The molecule has 0 radical (unpaired) electrons. The molecule has 0 aliphatic rings. The van der Waals surface area contributed by atoms with E-state index in [1.807, 2.05) is 27.7 Å². The third-order valence-electron chi connectivity index (χ3n) is 1.88. The molecular formula is C12H22N2O2. The van der Waals surface area contributed by atoms with E-state index >= 15 is 0 Å². The molecule has 16 heavy (non-hydrogen) atoms. The van der Waals surface area contributed by atoms with Gasteiger partial charge in [-0.2, -0.15) is 0 Å². The van der Waals surface area contributed by atoms with Crippen LogP contribution in [0.15, 0.2) is 12.3 Å². The Labute approximate surface area is 98.0 Å². The third kappa shape index (κ3) is 4.24. The van der Waals surface area contributed by atoms with E-state index in [4.69, 9.17) is 9.47 Å². The van der Waals surface area contributed by atoms with Crippen molar-refractivity contribution in [2.24, 2.45) is 0 Å². The Kier molecular flexibility index (Phi) is 7.68. The summed E-state index contributed by atoms with van der Waals surface area (Å²) in [5.41, 5.74) is 0.758. The van der Waals surface area contributed by atoms with Gasteiger partial charge in [-0.1, -0.05) is 27.7 Å². The molecule has 0 aliphatic heterocycles. The van der Waals surface area contributed by atoms with E-state index in [-0.39, 0.29) is 0 Å². The van der Waals surface area contributed by atoms with E-state index in [0.29, 0.717) is 5.92 Å². The molecule has 0 N–H and O–H groups in total. The summed E-state index contributed by atoms with van der Waals surface area (Å²) in [6.45, 7) is 8.10. The molecule has 0 fully saturated rings. The first-order valence-electron chi connectivity index (χ1n) is 5.57. The highest BCUT2D eigenvalue weighted by atomic mass is 16.7. The monoisotopic (exact) mass is 226 g/mol. The van der Waals surface area contributed by atoms with E-state index in [2.05, 4.69) is 9.97 Å². The van der Waals surface area contributed by atoms with Crippen molar-refractivity contribution >= 4 is 0 Å². The van der Waals surface area contributed by atoms with Gasteiger partial charge in [0.25, 0.3) is 0 Å². The van der Waals surface area contributed by atoms with Crippen LogP contribution >= 0.6 is 0 Å². The molecule has 1 aromatic rings. The van der Waals surface area contributed by atoms with Crippen LogP contribution < -0.4 is 0 Å². The minimum atomic E-state index is -0.407. The molecule has 0 spiro atoms. The molecule has 0 aromatic carbocycles. The van der Waals surface area contributed by atoms with Crippen molar-refractivity contribution in [3.63, 3.8) is 0 Å². The lowest BCUT2D eigenvalue weighted by atomic mass is 10.2. The highest BCUT2D eigenvalue weighted by Crippen LogP contribution is 2.16. The zero-order valence-corrected chi connectivity index (χ0v) is 11.0. The van der Waals surface area contributed by atoms with E-state index < -0.39 is 6.29 Å². The molecule has 92 valence electrons. The van der Waals surface area contributed by atoms with Gasteiger partial charge in [0.2, 0.25) is 6.29 Å². The number of rotatable bonds is 4. The van der Waals surface area contributed by atoms with Crippen LogP contribution in [0.3, 0.4) is 0 Å². The van der Waals surface area contributed by atoms with Gasteiger partial charge in [0.1, 0.15) is 5.82 Å². The van der Waals surface area contributed by atoms with Gasteiger partial charge < -0.3 is 9.47 Å². The third-order valence-corrected chi connectivity index (χ3v) is 1.88. The normalized spacial score (nSPS) is 10.2. The maximum atomic E-state index is 5.11. The molecule has 0 saturated heterocycles. The summed E-state index contributed by atoms with van der Waals surface area (Å²) in [5, 5.41) is 0. The van der Waals surface area contributed by atoms with Crippen molar-refractivity contribution in [2.75, 3.05) is 14.2 Å². The fourth-order valence-electron chi connectivity index (χ4n) is 1.14. The first kappa shape index (κ1) is 15.0. The second kappa shape index (κ2) is 8.19. The van der Waals surface area contributed by atoms with Gasteiger partial charge in [0, 0.05) is 26.3 Å². The van der Waals surface area contributed by atoms with Crippen molar-refractivity contribution in [3.8, 4) is 0 Å². The highest BCUT2D eigenvalue weighted by Gasteiger charge is 2.12. The average Bonchev–Trinajstić information content (AvgIpc) is 2.33. The quantitative estimate of drug-likeness (QED) is 0.740.